The van der Waals surface area contributed by atoms with Gasteiger partial charge in [-0.3, -0.25) is 35.1 Å². The molecule has 2 aromatic carbocycles. The van der Waals surface area contributed by atoms with E-state index in [9.17, 15) is 24.5 Å². The monoisotopic (exact) mass is 484 g/mol. The zero-order valence-electron chi connectivity index (χ0n) is 19.5. The zero-order chi connectivity index (χ0) is 25.2. The third-order valence-corrected chi connectivity index (χ3v) is 5.35. The summed E-state index contributed by atoms with van der Waals surface area (Å²) >= 11 is 0. The van der Waals surface area contributed by atoms with Gasteiger partial charge in [0.2, 0.25) is 5.91 Å². The average Bonchev–Trinajstić information content (AvgIpc) is 3.17. The predicted molar refractivity (Wildman–Crippen MR) is 128 cm³/mol. The number of aromatic nitrogens is 1. The first-order chi connectivity index (χ1) is 16.9. The molecule has 0 aliphatic heterocycles. The van der Waals surface area contributed by atoms with Crippen molar-refractivity contribution >= 4 is 28.6 Å². The number of rotatable bonds is 12. The Kier molecular flexibility index (Phi) is 8.99. The molecule has 0 unspecified atom stereocenters. The molecule has 35 heavy (non-hydrogen) atoms. The number of nitrogens with zero attached hydrogens (tertiary/aromatic N) is 2. The Bertz CT molecular complexity index is 1230. The maximum atomic E-state index is 12.2. The van der Waals surface area contributed by atoms with Crippen LogP contribution in [0.2, 0.25) is 0 Å². The minimum atomic E-state index is -0.664. The van der Waals surface area contributed by atoms with Gasteiger partial charge in [0.1, 0.15) is 5.75 Å². The van der Waals surface area contributed by atoms with Crippen LogP contribution in [0.1, 0.15) is 55.8 Å². The van der Waals surface area contributed by atoms with Crippen molar-refractivity contribution in [1.29, 1.82) is 0 Å². The van der Waals surface area contributed by atoms with E-state index in [4.69, 9.17) is 9.15 Å². The second-order valence-corrected chi connectivity index (χ2v) is 7.97. The summed E-state index contributed by atoms with van der Waals surface area (Å²) in [4.78, 5) is 46.7. The van der Waals surface area contributed by atoms with Crippen LogP contribution < -0.4 is 21.3 Å². The molecule has 186 valence electrons. The molecule has 0 saturated carbocycles. The lowest BCUT2D eigenvalue weighted by atomic mass is 10.2. The van der Waals surface area contributed by atoms with Crippen LogP contribution in [0.4, 0.5) is 5.69 Å². The van der Waals surface area contributed by atoms with Crippen molar-refractivity contribution in [1.82, 2.24) is 15.4 Å². The topological polar surface area (TPSA) is 146 Å². The Morgan fingerprint density at radius 2 is 1.83 bits per heavy atom. The molecule has 11 nitrogen and oxygen atoms in total. The van der Waals surface area contributed by atoms with E-state index >= 15 is 0 Å². The summed E-state index contributed by atoms with van der Waals surface area (Å²) in [6, 6.07) is 10.5. The predicted octanol–water partition coefficient (Wildman–Crippen LogP) is 3.70. The minimum Gasteiger partial charge on any atom is -0.494 e. The van der Waals surface area contributed by atoms with Crippen molar-refractivity contribution in [3.8, 4) is 5.75 Å². The SMILES string of the molecule is CCCCCCOc1ccc(C(=O)NNC(=O)CCCn2c(=O)oc3cc([N+](=O)[O-])ccc32)cc1. The second kappa shape index (κ2) is 12.4. The molecule has 0 fully saturated rings. The van der Waals surface area contributed by atoms with Crippen molar-refractivity contribution in [2.75, 3.05) is 6.61 Å². The largest absolute Gasteiger partial charge is 0.494 e. The number of hydrogen-bond acceptors (Lipinski definition) is 7. The van der Waals surface area contributed by atoms with Crippen LogP contribution in [0.3, 0.4) is 0 Å². The van der Waals surface area contributed by atoms with E-state index in [2.05, 4.69) is 17.8 Å². The Morgan fingerprint density at radius 1 is 1.06 bits per heavy atom. The molecule has 0 spiro atoms. The van der Waals surface area contributed by atoms with Gasteiger partial charge in [0, 0.05) is 24.6 Å². The molecule has 0 aliphatic carbocycles. The first-order valence-electron chi connectivity index (χ1n) is 11.5. The summed E-state index contributed by atoms with van der Waals surface area (Å²) in [5.41, 5.74) is 5.40. The third-order valence-electron chi connectivity index (χ3n) is 5.35. The van der Waals surface area contributed by atoms with E-state index in [1.807, 2.05) is 0 Å². The molecule has 0 bridgehead atoms. The van der Waals surface area contributed by atoms with Crippen molar-refractivity contribution < 1.29 is 23.7 Å². The summed E-state index contributed by atoms with van der Waals surface area (Å²) in [5.74, 6) is -0.880. The van der Waals surface area contributed by atoms with Gasteiger partial charge in [-0.15, -0.1) is 0 Å². The van der Waals surface area contributed by atoms with Crippen LogP contribution in [0.15, 0.2) is 51.7 Å². The minimum absolute atomic E-state index is 0.0389. The highest BCUT2D eigenvalue weighted by Crippen LogP contribution is 2.20. The molecule has 2 N–H and O–H groups in total. The molecule has 1 aromatic heterocycles. The molecule has 3 aromatic rings. The number of oxazole rings is 1. The van der Waals surface area contributed by atoms with Gasteiger partial charge in [-0.05, 0) is 43.2 Å². The van der Waals surface area contributed by atoms with Crippen molar-refractivity contribution in [3.05, 3.63) is 68.7 Å². The fourth-order valence-electron chi connectivity index (χ4n) is 3.46. The molecular formula is C24H28N4O7. The Morgan fingerprint density at radius 3 is 2.54 bits per heavy atom. The van der Waals surface area contributed by atoms with E-state index in [0.29, 0.717) is 23.4 Å². The number of hydrogen-bond donors (Lipinski definition) is 2. The van der Waals surface area contributed by atoms with Gasteiger partial charge in [-0.25, -0.2) is 4.79 Å². The number of unbranched alkanes of at least 4 members (excludes halogenated alkanes) is 3. The lowest BCUT2D eigenvalue weighted by Crippen LogP contribution is -2.41. The fourth-order valence-corrected chi connectivity index (χ4v) is 3.46. The average molecular weight is 485 g/mol. The number of amides is 2. The van der Waals surface area contributed by atoms with Gasteiger partial charge in [0.05, 0.1) is 23.1 Å². The van der Waals surface area contributed by atoms with E-state index in [-0.39, 0.29) is 30.7 Å². The number of fused-ring (bicyclic) bond motifs is 1. The summed E-state index contributed by atoms with van der Waals surface area (Å²) in [7, 11) is 0. The highest BCUT2D eigenvalue weighted by molar-refractivity contribution is 5.95. The number of carbonyl (C=O) groups excluding carboxylic acids is 2. The molecule has 0 saturated heterocycles. The molecule has 1 heterocycles. The highest BCUT2D eigenvalue weighted by atomic mass is 16.6. The number of nitrogens with one attached hydrogen (secondary N) is 2. The Hall–Kier alpha value is -4.15. The molecule has 0 radical (unpaired) electrons. The van der Waals surface area contributed by atoms with Crippen LogP contribution in [0, 0.1) is 10.1 Å². The normalized spacial score (nSPS) is 10.8. The third kappa shape index (κ3) is 7.16. The summed E-state index contributed by atoms with van der Waals surface area (Å²) < 4.78 is 12.0. The summed E-state index contributed by atoms with van der Waals surface area (Å²) in [6.45, 7) is 2.95. The van der Waals surface area contributed by atoms with Crippen LogP contribution in [-0.2, 0) is 11.3 Å². The van der Waals surface area contributed by atoms with Gasteiger partial charge >= 0.3 is 5.76 Å². The maximum absolute atomic E-state index is 12.2. The second-order valence-electron chi connectivity index (χ2n) is 7.97. The Balaban J connectivity index is 1.42. The van der Waals surface area contributed by atoms with Crippen LogP contribution in [0.5, 0.6) is 5.75 Å². The van der Waals surface area contributed by atoms with Crippen LogP contribution in [0.25, 0.3) is 11.1 Å². The summed E-state index contributed by atoms with van der Waals surface area (Å²) in [5, 5.41) is 10.9. The van der Waals surface area contributed by atoms with Gasteiger partial charge < -0.3 is 9.15 Å². The number of aryl methyl sites for hydroxylation is 1. The van der Waals surface area contributed by atoms with Gasteiger partial charge in [0.25, 0.3) is 11.6 Å². The van der Waals surface area contributed by atoms with E-state index < -0.39 is 22.5 Å². The quantitative estimate of drug-likeness (QED) is 0.226. The maximum Gasteiger partial charge on any atom is 0.419 e. The smallest absolute Gasteiger partial charge is 0.419 e. The first kappa shape index (κ1) is 25.5. The Labute approximate surface area is 201 Å². The van der Waals surface area contributed by atoms with Crippen molar-refractivity contribution in [2.24, 2.45) is 0 Å². The van der Waals surface area contributed by atoms with Crippen LogP contribution in [-0.4, -0.2) is 27.9 Å². The molecule has 3 rings (SSSR count). The molecule has 11 heteroatoms. The lowest BCUT2D eigenvalue weighted by molar-refractivity contribution is -0.384. The van der Waals surface area contributed by atoms with Gasteiger partial charge in [-0.2, -0.15) is 0 Å². The standard InChI is InChI=1S/C24H28N4O7/c1-2-3-4-5-15-34-19-11-8-17(9-12-19)23(30)26-25-22(29)7-6-14-27-20-13-10-18(28(32)33)16-21(20)35-24(27)31/h8-13,16H,2-7,14-15H2,1H3,(H,25,29)(H,26,30). The molecule has 0 aliphatic rings. The first-order valence-corrected chi connectivity index (χ1v) is 11.5. The van der Waals surface area contributed by atoms with Crippen LogP contribution >= 0.6 is 0 Å². The fraction of sp³-hybridized carbons (Fsp3) is 0.375. The zero-order valence-corrected chi connectivity index (χ0v) is 19.5. The molecule has 2 amide bonds. The number of hydrazine groups is 1. The van der Waals surface area contributed by atoms with E-state index in [1.165, 1.54) is 29.2 Å². The number of benzene rings is 2. The number of ether oxygens (including phenoxy) is 1. The molecular weight excluding hydrogens is 456 g/mol. The lowest BCUT2D eigenvalue weighted by Gasteiger charge is -2.09. The number of nitro groups is 1. The number of nitro benzene ring substituents is 1. The highest BCUT2D eigenvalue weighted by Gasteiger charge is 2.14. The van der Waals surface area contributed by atoms with Crippen molar-refractivity contribution in [3.63, 3.8) is 0 Å². The summed E-state index contributed by atoms with van der Waals surface area (Å²) in [6.07, 6.45) is 4.78. The number of carbonyl (C=O) groups is 2. The van der Waals surface area contributed by atoms with E-state index in [0.717, 1.165) is 19.3 Å². The van der Waals surface area contributed by atoms with E-state index in [1.54, 1.807) is 24.3 Å². The molecule has 0 atom stereocenters. The number of non-ortho nitro benzene ring substituents is 1. The van der Waals surface area contributed by atoms with Crippen molar-refractivity contribution in [2.45, 2.75) is 52.0 Å². The van der Waals surface area contributed by atoms with Gasteiger partial charge in [0.15, 0.2) is 5.58 Å². The van der Waals surface area contributed by atoms with Gasteiger partial charge in [-0.1, -0.05) is 26.2 Å².